The third-order valence-electron chi connectivity index (χ3n) is 5.91. The molecule has 1 saturated heterocycles. The number of benzene rings is 3. The van der Waals surface area contributed by atoms with E-state index in [1.807, 2.05) is 29.2 Å². The Morgan fingerprint density at radius 2 is 1.64 bits per heavy atom. The van der Waals surface area contributed by atoms with E-state index in [2.05, 4.69) is 10.5 Å². The fraction of sp³-hybridized carbons (Fsp3) is 0.250. The number of halogens is 1. The topological polar surface area (TPSA) is 80.2 Å². The average molecular weight is 490 g/mol. The number of hydrogen-bond donors (Lipinski definition) is 1. The summed E-state index contributed by atoms with van der Waals surface area (Å²) < 4.78 is 24.4. The van der Waals surface area contributed by atoms with Crippen LogP contribution < -0.4 is 14.9 Å². The summed E-state index contributed by atoms with van der Waals surface area (Å²) in [7, 11) is 1.54. The molecular weight excluding hydrogens is 461 g/mol. The van der Waals surface area contributed by atoms with Gasteiger partial charge in [0.25, 0.3) is 11.8 Å². The number of hydrazone groups is 1. The second kappa shape index (κ2) is 12.0. The number of ether oxygens (including phenoxy) is 2. The Hall–Kier alpha value is -4.20. The zero-order chi connectivity index (χ0) is 25.3. The molecule has 0 unspecified atom stereocenters. The largest absolute Gasteiger partial charge is 0.493 e. The minimum atomic E-state index is -0.443. The predicted octanol–water partition coefficient (Wildman–Crippen LogP) is 4.80. The minimum Gasteiger partial charge on any atom is -0.493 e. The van der Waals surface area contributed by atoms with Crippen molar-refractivity contribution in [1.82, 2.24) is 10.3 Å². The summed E-state index contributed by atoms with van der Waals surface area (Å²) >= 11 is 0. The first kappa shape index (κ1) is 24.9. The molecule has 0 atom stereocenters. The fourth-order valence-electron chi connectivity index (χ4n) is 3.90. The maximum absolute atomic E-state index is 13.0. The molecule has 0 spiro atoms. The lowest BCUT2D eigenvalue weighted by molar-refractivity contribution is 0.0724. The fourth-order valence-corrected chi connectivity index (χ4v) is 3.90. The molecule has 3 aromatic rings. The Labute approximate surface area is 209 Å². The molecule has 2 amide bonds. The second-order valence-corrected chi connectivity index (χ2v) is 8.45. The van der Waals surface area contributed by atoms with E-state index in [-0.39, 0.29) is 5.91 Å². The molecule has 0 radical (unpaired) electrons. The molecule has 1 aliphatic heterocycles. The van der Waals surface area contributed by atoms with Gasteiger partial charge in [-0.2, -0.15) is 5.10 Å². The average Bonchev–Trinajstić information content (AvgIpc) is 2.93. The van der Waals surface area contributed by atoms with Gasteiger partial charge in [0.05, 0.1) is 13.3 Å². The highest BCUT2D eigenvalue weighted by atomic mass is 19.1. The summed E-state index contributed by atoms with van der Waals surface area (Å²) in [6, 6.07) is 18.0. The number of carbonyl (C=O) groups excluding carboxylic acids is 2. The Balaban J connectivity index is 1.32. The summed E-state index contributed by atoms with van der Waals surface area (Å²) in [5.41, 5.74) is 5.03. The SMILES string of the molecule is COc1cc(/C=N\NC(=O)c2ccc(F)cc2)ccc1OCc1ccc(C(=O)N2CCCCC2)cc1. The normalized spacial score (nSPS) is 13.4. The minimum absolute atomic E-state index is 0.0787. The predicted molar refractivity (Wildman–Crippen MR) is 135 cm³/mol. The molecule has 0 aromatic heterocycles. The zero-order valence-electron chi connectivity index (χ0n) is 20.1. The monoisotopic (exact) mass is 489 g/mol. The van der Waals surface area contributed by atoms with E-state index in [1.54, 1.807) is 25.3 Å². The van der Waals surface area contributed by atoms with Gasteiger partial charge in [0.15, 0.2) is 11.5 Å². The van der Waals surface area contributed by atoms with Gasteiger partial charge in [-0.25, -0.2) is 9.82 Å². The van der Waals surface area contributed by atoms with Crippen LogP contribution in [0.5, 0.6) is 11.5 Å². The standard InChI is InChI=1S/C28H28FN3O4/c1-35-26-17-21(18-30-31-27(33)22-10-12-24(29)13-11-22)7-14-25(26)36-19-20-5-8-23(9-6-20)28(34)32-15-3-2-4-16-32/h5-14,17-18H,2-4,15-16,19H2,1H3,(H,31,33)/b30-18-. The number of piperidine rings is 1. The van der Waals surface area contributed by atoms with Gasteiger partial charge in [-0.15, -0.1) is 0 Å². The summed E-state index contributed by atoms with van der Waals surface area (Å²) in [5, 5.41) is 3.95. The van der Waals surface area contributed by atoms with Gasteiger partial charge in [0.1, 0.15) is 12.4 Å². The van der Waals surface area contributed by atoms with Crippen molar-refractivity contribution in [3.8, 4) is 11.5 Å². The lowest BCUT2D eigenvalue weighted by Gasteiger charge is -2.26. The molecule has 8 heteroatoms. The first-order chi connectivity index (χ1) is 17.5. The van der Waals surface area contributed by atoms with Crippen LogP contribution in [0.4, 0.5) is 4.39 Å². The van der Waals surface area contributed by atoms with Crippen molar-refractivity contribution in [2.75, 3.05) is 20.2 Å². The van der Waals surface area contributed by atoms with Crippen LogP contribution in [0.3, 0.4) is 0 Å². The van der Waals surface area contributed by atoms with Gasteiger partial charge in [0.2, 0.25) is 0 Å². The third-order valence-corrected chi connectivity index (χ3v) is 5.91. The molecule has 7 nitrogen and oxygen atoms in total. The van der Waals surface area contributed by atoms with Crippen molar-refractivity contribution in [2.24, 2.45) is 5.10 Å². The first-order valence-corrected chi connectivity index (χ1v) is 11.8. The number of hydrogen-bond acceptors (Lipinski definition) is 5. The van der Waals surface area contributed by atoms with Crippen molar-refractivity contribution in [3.05, 3.63) is 94.8 Å². The molecule has 1 aliphatic rings. The second-order valence-electron chi connectivity index (χ2n) is 8.45. The van der Waals surface area contributed by atoms with Crippen LogP contribution in [-0.2, 0) is 6.61 Å². The van der Waals surface area contributed by atoms with Crippen LogP contribution in [0.25, 0.3) is 0 Å². The van der Waals surface area contributed by atoms with Crippen molar-refractivity contribution in [1.29, 1.82) is 0 Å². The van der Waals surface area contributed by atoms with Gasteiger partial charge >= 0.3 is 0 Å². The molecule has 1 N–H and O–H groups in total. The molecule has 0 bridgehead atoms. The Morgan fingerprint density at radius 3 is 2.33 bits per heavy atom. The summed E-state index contributed by atoms with van der Waals surface area (Å²) in [4.78, 5) is 26.6. The summed E-state index contributed by atoms with van der Waals surface area (Å²) in [6.07, 6.45) is 4.79. The Kier molecular flexibility index (Phi) is 8.28. The van der Waals surface area contributed by atoms with Crippen LogP contribution in [-0.4, -0.2) is 43.1 Å². The highest BCUT2D eigenvalue weighted by molar-refractivity contribution is 5.95. The number of carbonyl (C=O) groups is 2. The van der Waals surface area contributed by atoms with E-state index < -0.39 is 11.7 Å². The molecule has 0 saturated carbocycles. The number of rotatable bonds is 8. The van der Waals surface area contributed by atoms with Gasteiger partial charge in [-0.1, -0.05) is 12.1 Å². The van der Waals surface area contributed by atoms with Crippen molar-refractivity contribution < 1.29 is 23.5 Å². The van der Waals surface area contributed by atoms with E-state index in [0.717, 1.165) is 31.5 Å². The van der Waals surface area contributed by atoms with Crippen LogP contribution in [0.2, 0.25) is 0 Å². The molecule has 0 aliphatic carbocycles. The van der Waals surface area contributed by atoms with Crippen molar-refractivity contribution >= 4 is 18.0 Å². The highest BCUT2D eigenvalue weighted by Crippen LogP contribution is 2.28. The Bertz CT molecular complexity index is 1220. The van der Waals surface area contributed by atoms with Crippen molar-refractivity contribution in [3.63, 3.8) is 0 Å². The van der Waals surface area contributed by atoms with Crippen molar-refractivity contribution in [2.45, 2.75) is 25.9 Å². The molecule has 36 heavy (non-hydrogen) atoms. The molecular formula is C28H28FN3O4. The third kappa shape index (κ3) is 6.47. The van der Waals surface area contributed by atoms with E-state index in [1.165, 1.54) is 36.9 Å². The first-order valence-electron chi connectivity index (χ1n) is 11.8. The molecule has 1 heterocycles. The Morgan fingerprint density at radius 1 is 0.944 bits per heavy atom. The smallest absolute Gasteiger partial charge is 0.271 e. The number of likely N-dealkylation sites (tertiary alicyclic amines) is 1. The van der Waals surface area contributed by atoms with E-state index in [9.17, 15) is 14.0 Å². The molecule has 3 aromatic carbocycles. The van der Waals surface area contributed by atoms with Gasteiger partial charge in [-0.05, 0) is 85.0 Å². The van der Waals surface area contributed by atoms with Crippen LogP contribution >= 0.6 is 0 Å². The molecule has 1 fully saturated rings. The number of amides is 2. The number of nitrogens with one attached hydrogen (secondary N) is 1. The summed E-state index contributed by atoms with van der Waals surface area (Å²) in [6.45, 7) is 1.96. The van der Waals surface area contributed by atoms with Gasteiger partial charge < -0.3 is 14.4 Å². The van der Waals surface area contributed by atoms with Crippen LogP contribution in [0.1, 0.15) is 51.1 Å². The number of methoxy groups -OCH3 is 1. The maximum Gasteiger partial charge on any atom is 0.271 e. The number of nitrogens with zero attached hydrogens (tertiary/aromatic N) is 2. The molecule has 4 rings (SSSR count). The van der Waals surface area contributed by atoms with Crippen LogP contribution in [0, 0.1) is 5.82 Å². The molecule has 186 valence electrons. The van der Waals surface area contributed by atoms with E-state index in [0.29, 0.717) is 34.8 Å². The quantitative estimate of drug-likeness (QED) is 0.364. The van der Waals surface area contributed by atoms with Gasteiger partial charge in [0, 0.05) is 24.2 Å². The van der Waals surface area contributed by atoms with E-state index in [4.69, 9.17) is 9.47 Å². The highest BCUT2D eigenvalue weighted by Gasteiger charge is 2.18. The van der Waals surface area contributed by atoms with Crippen LogP contribution in [0.15, 0.2) is 71.8 Å². The lowest BCUT2D eigenvalue weighted by atomic mass is 10.1. The maximum atomic E-state index is 13.0. The summed E-state index contributed by atoms with van der Waals surface area (Å²) in [5.74, 6) is 0.292. The van der Waals surface area contributed by atoms with E-state index >= 15 is 0 Å². The zero-order valence-corrected chi connectivity index (χ0v) is 20.1. The van der Waals surface area contributed by atoms with Gasteiger partial charge in [-0.3, -0.25) is 9.59 Å². The lowest BCUT2D eigenvalue weighted by Crippen LogP contribution is -2.35.